The number of halogens is 1. The molecule has 0 spiro atoms. The maximum atomic E-state index is 13.8. The molecule has 5 nitrogen and oxygen atoms in total. The minimum absolute atomic E-state index is 0.192. The Morgan fingerprint density at radius 2 is 2.06 bits per heavy atom. The van der Waals surface area contributed by atoms with E-state index in [0.29, 0.717) is 24.8 Å². The van der Waals surface area contributed by atoms with E-state index in [1.807, 2.05) is 18.2 Å². The minimum atomic E-state index is -0.982. The van der Waals surface area contributed by atoms with Gasteiger partial charge in [0.05, 0.1) is 12.6 Å². The van der Waals surface area contributed by atoms with Crippen molar-refractivity contribution in [2.24, 2.45) is 0 Å². The lowest BCUT2D eigenvalue weighted by atomic mass is 9.89. The summed E-state index contributed by atoms with van der Waals surface area (Å²) >= 11 is 0. The van der Waals surface area contributed by atoms with Gasteiger partial charge in [-0.15, -0.1) is 6.58 Å². The Morgan fingerprint density at radius 1 is 1.29 bits per heavy atom. The molecule has 1 fully saturated rings. The van der Waals surface area contributed by atoms with Crippen molar-refractivity contribution < 1.29 is 19.0 Å². The summed E-state index contributed by atoms with van der Waals surface area (Å²) in [5.74, 6) is -0.367. The number of allylic oxidation sites excluding steroid dienone is 1. The molecule has 0 aliphatic carbocycles. The quantitative estimate of drug-likeness (QED) is 0.541. The molecule has 0 saturated carbocycles. The van der Waals surface area contributed by atoms with Gasteiger partial charge in [0.2, 0.25) is 0 Å². The summed E-state index contributed by atoms with van der Waals surface area (Å²) in [6, 6.07) is 10.3. The number of methoxy groups -OCH3 is 1. The SMILES string of the molecule is C=CCn1cc(C2CCN(Cc3cccc(C(=O)O)c3OC)CC2)c2ccc(F)cc21. The number of aromatic carboxylic acids is 1. The number of fused-ring (bicyclic) bond motifs is 1. The summed E-state index contributed by atoms with van der Waals surface area (Å²) in [7, 11) is 1.51. The summed E-state index contributed by atoms with van der Waals surface area (Å²) in [5, 5.41) is 10.5. The van der Waals surface area contributed by atoms with Crippen LogP contribution < -0.4 is 4.74 Å². The first-order chi connectivity index (χ1) is 15.0. The van der Waals surface area contributed by atoms with Gasteiger partial charge < -0.3 is 14.4 Å². The van der Waals surface area contributed by atoms with Crippen molar-refractivity contribution in [1.82, 2.24) is 9.47 Å². The van der Waals surface area contributed by atoms with Crippen LogP contribution in [-0.4, -0.2) is 40.7 Å². The zero-order chi connectivity index (χ0) is 22.0. The maximum Gasteiger partial charge on any atom is 0.339 e. The van der Waals surface area contributed by atoms with Crippen LogP contribution in [0.1, 0.15) is 40.2 Å². The second kappa shape index (κ2) is 8.94. The largest absolute Gasteiger partial charge is 0.496 e. The molecule has 0 atom stereocenters. The van der Waals surface area contributed by atoms with Crippen LogP contribution in [0.25, 0.3) is 10.9 Å². The van der Waals surface area contributed by atoms with Gasteiger partial charge in [0, 0.05) is 30.2 Å². The van der Waals surface area contributed by atoms with Gasteiger partial charge in [0.25, 0.3) is 0 Å². The molecule has 1 aliphatic heterocycles. The number of ether oxygens (including phenoxy) is 1. The van der Waals surface area contributed by atoms with Gasteiger partial charge in [0.15, 0.2) is 0 Å². The maximum absolute atomic E-state index is 13.8. The summed E-state index contributed by atoms with van der Waals surface area (Å²) in [6.07, 6.45) is 5.96. The van der Waals surface area contributed by atoms with Crippen LogP contribution in [0, 0.1) is 5.82 Å². The van der Waals surface area contributed by atoms with Crippen LogP contribution in [0.5, 0.6) is 5.75 Å². The first-order valence-corrected chi connectivity index (χ1v) is 10.5. The molecule has 31 heavy (non-hydrogen) atoms. The second-order valence-electron chi connectivity index (χ2n) is 8.04. The number of benzene rings is 2. The zero-order valence-corrected chi connectivity index (χ0v) is 17.7. The first kappa shape index (κ1) is 21.1. The highest BCUT2D eigenvalue weighted by Gasteiger charge is 2.25. The lowest BCUT2D eigenvalue weighted by Gasteiger charge is -2.32. The predicted molar refractivity (Wildman–Crippen MR) is 119 cm³/mol. The summed E-state index contributed by atoms with van der Waals surface area (Å²) in [6.45, 7) is 6.93. The van der Waals surface area contributed by atoms with Crippen LogP contribution in [0.2, 0.25) is 0 Å². The van der Waals surface area contributed by atoms with Gasteiger partial charge in [-0.1, -0.05) is 18.2 Å². The number of aromatic nitrogens is 1. The average molecular weight is 423 g/mol. The van der Waals surface area contributed by atoms with Gasteiger partial charge in [-0.3, -0.25) is 4.90 Å². The first-order valence-electron chi connectivity index (χ1n) is 10.5. The fraction of sp³-hybridized carbons (Fsp3) is 0.320. The van der Waals surface area contributed by atoms with E-state index in [2.05, 4.69) is 22.2 Å². The monoisotopic (exact) mass is 422 g/mol. The number of likely N-dealkylation sites (tertiary alicyclic amines) is 1. The van der Waals surface area contributed by atoms with Crippen molar-refractivity contribution in [3.05, 3.63) is 77.8 Å². The molecule has 0 bridgehead atoms. The number of carboxylic acids is 1. The second-order valence-corrected chi connectivity index (χ2v) is 8.04. The van der Waals surface area contributed by atoms with E-state index in [9.17, 15) is 14.3 Å². The summed E-state index contributed by atoms with van der Waals surface area (Å²) in [4.78, 5) is 13.8. The topological polar surface area (TPSA) is 54.7 Å². The molecule has 0 unspecified atom stereocenters. The van der Waals surface area contributed by atoms with E-state index < -0.39 is 5.97 Å². The molecule has 0 amide bonds. The van der Waals surface area contributed by atoms with E-state index >= 15 is 0 Å². The van der Waals surface area contributed by atoms with E-state index in [0.717, 1.165) is 42.4 Å². The van der Waals surface area contributed by atoms with Crippen molar-refractivity contribution >= 4 is 16.9 Å². The Kier molecular flexibility index (Phi) is 6.09. The Hall–Kier alpha value is -3.12. The molecule has 1 aromatic heterocycles. The van der Waals surface area contributed by atoms with Gasteiger partial charge in [0.1, 0.15) is 17.1 Å². The average Bonchev–Trinajstić information content (AvgIpc) is 3.12. The van der Waals surface area contributed by atoms with E-state index in [-0.39, 0.29) is 11.4 Å². The molecular formula is C25H27FN2O3. The van der Waals surface area contributed by atoms with Crippen molar-refractivity contribution in [1.29, 1.82) is 0 Å². The molecular weight excluding hydrogens is 395 g/mol. The number of rotatable bonds is 7. The highest BCUT2D eigenvalue weighted by Crippen LogP contribution is 2.36. The normalized spacial score (nSPS) is 15.3. The van der Waals surface area contributed by atoms with Crippen LogP contribution in [0.4, 0.5) is 4.39 Å². The van der Waals surface area contributed by atoms with Gasteiger partial charge in [-0.25, -0.2) is 9.18 Å². The minimum Gasteiger partial charge on any atom is -0.496 e. The highest BCUT2D eigenvalue weighted by molar-refractivity contribution is 5.91. The predicted octanol–water partition coefficient (Wildman–Crippen LogP) is 5.05. The number of nitrogens with zero attached hydrogens (tertiary/aromatic N) is 2. The van der Waals surface area contributed by atoms with Gasteiger partial charge in [-0.05, 0) is 61.7 Å². The highest BCUT2D eigenvalue weighted by atomic mass is 19.1. The van der Waals surface area contributed by atoms with Gasteiger partial charge in [-0.2, -0.15) is 0 Å². The standard InChI is InChI=1S/C25H27FN2O3/c1-3-11-28-16-22(20-8-7-19(26)14-23(20)28)17-9-12-27(13-10-17)15-18-5-4-6-21(25(29)30)24(18)31-2/h3-8,14,16-17H,1,9-13,15H2,2H3,(H,29,30). The molecule has 3 aromatic rings. The summed E-state index contributed by atoms with van der Waals surface area (Å²) < 4.78 is 21.3. The van der Waals surface area contributed by atoms with Crippen LogP contribution in [-0.2, 0) is 13.1 Å². The molecule has 1 saturated heterocycles. The third-order valence-electron chi connectivity index (χ3n) is 6.15. The van der Waals surface area contributed by atoms with E-state index in [4.69, 9.17) is 4.74 Å². The molecule has 162 valence electrons. The molecule has 1 N–H and O–H groups in total. The Bertz CT molecular complexity index is 1110. The van der Waals surface area contributed by atoms with Crippen molar-refractivity contribution in [3.8, 4) is 5.75 Å². The lowest BCUT2D eigenvalue weighted by molar-refractivity contribution is 0.0693. The van der Waals surface area contributed by atoms with E-state index in [1.54, 1.807) is 18.2 Å². The van der Waals surface area contributed by atoms with Crippen molar-refractivity contribution in [2.45, 2.75) is 31.8 Å². The third-order valence-corrected chi connectivity index (χ3v) is 6.15. The number of hydrogen-bond donors (Lipinski definition) is 1. The summed E-state index contributed by atoms with van der Waals surface area (Å²) in [5.41, 5.74) is 3.26. The Labute approximate surface area is 181 Å². The number of hydrogen-bond acceptors (Lipinski definition) is 3. The Morgan fingerprint density at radius 3 is 2.74 bits per heavy atom. The number of carbonyl (C=O) groups is 1. The molecule has 2 heterocycles. The molecule has 1 aliphatic rings. The van der Waals surface area contributed by atoms with Crippen LogP contribution in [0.15, 0.2) is 55.3 Å². The smallest absolute Gasteiger partial charge is 0.339 e. The third kappa shape index (κ3) is 4.21. The molecule has 4 rings (SSSR count). The Balaban J connectivity index is 1.51. The van der Waals surface area contributed by atoms with Crippen molar-refractivity contribution in [2.75, 3.05) is 20.2 Å². The molecule has 0 radical (unpaired) electrons. The van der Waals surface area contributed by atoms with E-state index in [1.165, 1.54) is 18.7 Å². The lowest BCUT2D eigenvalue weighted by Crippen LogP contribution is -2.32. The number of piperidine rings is 1. The fourth-order valence-corrected chi connectivity index (χ4v) is 4.67. The molecule has 6 heteroatoms. The van der Waals surface area contributed by atoms with Crippen LogP contribution >= 0.6 is 0 Å². The zero-order valence-electron chi connectivity index (χ0n) is 17.7. The number of carboxylic acid groups (broad SMARTS) is 1. The molecule has 2 aromatic carbocycles. The fourth-order valence-electron chi connectivity index (χ4n) is 4.67. The van der Waals surface area contributed by atoms with Crippen molar-refractivity contribution in [3.63, 3.8) is 0 Å². The van der Waals surface area contributed by atoms with Gasteiger partial charge >= 0.3 is 5.97 Å². The van der Waals surface area contributed by atoms with Crippen LogP contribution in [0.3, 0.4) is 0 Å². The number of para-hydroxylation sites is 1.